The number of rotatable bonds is 5. The quantitative estimate of drug-likeness (QED) is 0.748. The van der Waals surface area contributed by atoms with E-state index in [1.807, 2.05) is 11.8 Å². The number of aryl methyl sites for hydroxylation is 2. The molecule has 3 aliphatic heterocycles. The van der Waals surface area contributed by atoms with E-state index in [1.54, 1.807) is 0 Å². The van der Waals surface area contributed by atoms with Crippen LogP contribution in [0.15, 0.2) is 6.07 Å². The van der Waals surface area contributed by atoms with Gasteiger partial charge in [-0.05, 0) is 39.0 Å². The summed E-state index contributed by atoms with van der Waals surface area (Å²) in [7, 11) is 0. The van der Waals surface area contributed by atoms with Crippen molar-refractivity contribution in [2.24, 2.45) is 0 Å². The summed E-state index contributed by atoms with van der Waals surface area (Å²) in [5, 5.41) is 0. The number of nitrogens with zero attached hydrogens (tertiary/aromatic N) is 6. The van der Waals surface area contributed by atoms with Crippen molar-refractivity contribution in [2.45, 2.75) is 52.0 Å². The van der Waals surface area contributed by atoms with Gasteiger partial charge in [-0.2, -0.15) is 0 Å². The van der Waals surface area contributed by atoms with E-state index in [-0.39, 0.29) is 0 Å². The molecule has 1 aromatic heterocycles. The van der Waals surface area contributed by atoms with Crippen molar-refractivity contribution in [2.75, 3.05) is 63.8 Å². The first-order valence-electron chi connectivity index (χ1n) is 11.5. The maximum Gasteiger partial charge on any atom is 0.236 e. The van der Waals surface area contributed by atoms with Crippen LogP contribution in [0, 0.1) is 6.92 Å². The minimum atomic E-state index is 0.329. The number of aromatic nitrogens is 2. The highest BCUT2D eigenvalue weighted by atomic mass is 16.2. The van der Waals surface area contributed by atoms with E-state index >= 15 is 0 Å². The summed E-state index contributed by atoms with van der Waals surface area (Å²) in [5.74, 6) is 2.30. The molecule has 29 heavy (non-hydrogen) atoms. The fourth-order valence-corrected chi connectivity index (χ4v) is 4.96. The summed E-state index contributed by atoms with van der Waals surface area (Å²) in [4.78, 5) is 31.0. The maximum absolute atomic E-state index is 12.4. The summed E-state index contributed by atoms with van der Waals surface area (Å²) in [5.41, 5.74) is 1.13. The molecule has 4 heterocycles. The molecule has 1 aromatic rings. The molecular formula is C22H36N6O. The lowest BCUT2D eigenvalue weighted by atomic mass is 10.0. The number of carbonyl (C=O) groups is 1. The molecule has 0 unspecified atom stereocenters. The van der Waals surface area contributed by atoms with E-state index in [0.29, 0.717) is 18.5 Å². The smallest absolute Gasteiger partial charge is 0.236 e. The fourth-order valence-electron chi connectivity index (χ4n) is 4.96. The van der Waals surface area contributed by atoms with Crippen LogP contribution in [0.25, 0.3) is 0 Å². The van der Waals surface area contributed by atoms with E-state index < -0.39 is 0 Å². The molecule has 0 saturated carbocycles. The molecule has 3 fully saturated rings. The van der Waals surface area contributed by atoms with Crippen molar-refractivity contribution in [3.63, 3.8) is 0 Å². The third kappa shape index (κ3) is 5.07. The van der Waals surface area contributed by atoms with Gasteiger partial charge in [-0.1, -0.05) is 6.92 Å². The van der Waals surface area contributed by atoms with Crippen molar-refractivity contribution >= 4 is 11.7 Å². The van der Waals surface area contributed by atoms with E-state index in [0.717, 1.165) is 76.1 Å². The zero-order valence-electron chi connectivity index (χ0n) is 18.1. The molecule has 4 rings (SSSR count). The van der Waals surface area contributed by atoms with E-state index in [4.69, 9.17) is 0 Å². The average Bonchev–Trinajstić information content (AvgIpc) is 3.29. The van der Waals surface area contributed by atoms with Crippen molar-refractivity contribution in [3.8, 4) is 0 Å². The first-order valence-corrected chi connectivity index (χ1v) is 11.5. The highest BCUT2D eigenvalue weighted by Gasteiger charge is 2.29. The van der Waals surface area contributed by atoms with Crippen LogP contribution < -0.4 is 4.90 Å². The second-order valence-corrected chi connectivity index (χ2v) is 8.74. The van der Waals surface area contributed by atoms with Crippen LogP contribution in [0.1, 0.15) is 44.1 Å². The van der Waals surface area contributed by atoms with Crippen molar-refractivity contribution in [1.29, 1.82) is 0 Å². The highest BCUT2D eigenvalue weighted by molar-refractivity contribution is 5.78. The van der Waals surface area contributed by atoms with Crippen molar-refractivity contribution in [3.05, 3.63) is 17.6 Å². The molecule has 0 spiro atoms. The van der Waals surface area contributed by atoms with Crippen molar-refractivity contribution in [1.82, 2.24) is 24.7 Å². The van der Waals surface area contributed by atoms with Crippen LogP contribution in [-0.4, -0.2) is 95.5 Å². The van der Waals surface area contributed by atoms with Gasteiger partial charge in [0.2, 0.25) is 5.91 Å². The Morgan fingerprint density at radius 2 is 1.69 bits per heavy atom. The van der Waals surface area contributed by atoms with E-state index in [9.17, 15) is 4.79 Å². The summed E-state index contributed by atoms with van der Waals surface area (Å²) < 4.78 is 0. The van der Waals surface area contributed by atoms with Crippen LogP contribution in [0.5, 0.6) is 0 Å². The van der Waals surface area contributed by atoms with Gasteiger partial charge >= 0.3 is 0 Å². The second-order valence-electron chi connectivity index (χ2n) is 8.74. The lowest BCUT2D eigenvalue weighted by Gasteiger charge is -2.43. The number of piperazine rings is 1. The van der Waals surface area contributed by atoms with Gasteiger partial charge in [-0.25, -0.2) is 9.97 Å². The summed E-state index contributed by atoms with van der Waals surface area (Å²) in [6.07, 6.45) is 5.69. The third-order valence-electron chi connectivity index (χ3n) is 6.77. The minimum Gasteiger partial charge on any atom is -0.356 e. The Balaban J connectivity index is 1.23. The van der Waals surface area contributed by atoms with Gasteiger partial charge in [0.15, 0.2) is 0 Å². The fraction of sp³-hybridized carbons (Fsp3) is 0.773. The molecule has 7 heteroatoms. The summed E-state index contributed by atoms with van der Waals surface area (Å²) in [6, 6.07) is 2.82. The first kappa shape index (κ1) is 20.5. The van der Waals surface area contributed by atoms with Crippen LogP contribution in [0.2, 0.25) is 0 Å². The molecule has 0 atom stereocenters. The number of anilines is 1. The highest BCUT2D eigenvalue weighted by Crippen LogP contribution is 2.23. The standard InChI is InChI=1S/C22H36N6O/c1-3-19-16-21(24-18(2)23-19)27-10-6-20(7-11-27)26-14-12-25(13-15-26)17-22(29)28-8-4-5-9-28/h16,20H,3-15,17H2,1-2H3. The Labute approximate surface area is 175 Å². The average molecular weight is 401 g/mol. The Morgan fingerprint density at radius 1 is 1.00 bits per heavy atom. The molecule has 0 N–H and O–H groups in total. The molecule has 0 bridgehead atoms. The molecule has 0 aromatic carbocycles. The number of hydrogen-bond acceptors (Lipinski definition) is 6. The zero-order chi connectivity index (χ0) is 20.2. The molecule has 3 saturated heterocycles. The normalized spacial score (nSPS) is 22.4. The monoisotopic (exact) mass is 400 g/mol. The molecule has 0 radical (unpaired) electrons. The van der Waals surface area contributed by atoms with Gasteiger partial charge in [0.1, 0.15) is 11.6 Å². The number of amides is 1. The van der Waals surface area contributed by atoms with Gasteiger partial charge in [0, 0.05) is 70.2 Å². The molecule has 160 valence electrons. The molecular weight excluding hydrogens is 364 g/mol. The van der Waals surface area contributed by atoms with Gasteiger partial charge < -0.3 is 9.80 Å². The van der Waals surface area contributed by atoms with Gasteiger partial charge in [-0.15, -0.1) is 0 Å². The van der Waals surface area contributed by atoms with Crippen molar-refractivity contribution < 1.29 is 4.79 Å². The first-order chi connectivity index (χ1) is 14.1. The largest absolute Gasteiger partial charge is 0.356 e. The number of piperidine rings is 1. The predicted octanol–water partition coefficient (Wildman–Crippen LogP) is 1.56. The van der Waals surface area contributed by atoms with Gasteiger partial charge in [0.05, 0.1) is 6.54 Å². The Kier molecular flexibility index (Phi) is 6.65. The SMILES string of the molecule is CCc1cc(N2CCC(N3CCN(CC(=O)N4CCCC4)CC3)CC2)nc(C)n1. The van der Waals surface area contributed by atoms with E-state index in [2.05, 4.69) is 37.7 Å². The molecule has 3 aliphatic rings. The Morgan fingerprint density at radius 3 is 2.34 bits per heavy atom. The number of hydrogen-bond donors (Lipinski definition) is 0. The molecule has 7 nitrogen and oxygen atoms in total. The van der Waals surface area contributed by atoms with Gasteiger partial charge in [0.25, 0.3) is 0 Å². The summed E-state index contributed by atoms with van der Waals surface area (Å²) in [6.45, 7) is 13.0. The minimum absolute atomic E-state index is 0.329. The van der Waals surface area contributed by atoms with Crippen LogP contribution >= 0.6 is 0 Å². The Bertz CT molecular complexity index is 689. The molecule has 0 aliphatic carbocycles. The van der Waals surface area contributed by atoms with Crippen LogP contribution in [0.3, 0.4) is 0 Å². The predicted molar refractivity (Wildman–Crippen MR) is 115 cm³/mol. The lowest BCUT2D eigenvalue weighted by molar-refractivity contribution is -0.131. The Hall–Kier alpha value is -1.73. The topological polar surface area (TPSA) is 55.8 Å². The van der Waals surface area contributed by atoms with Crippen LogP contribution in [-0.2, 0) is 11.2 Å². The number of carbonyl (C=O) groups excluding carboxylic acids is 1. The summed E-state index contributed by atoms with van der Waals surface area (Å²) >= 11 is 0. The van der Waals surface area contributed by atoms with E-state index in [1.165, 1.54) is 25.7 Å². The maximum atomic E-state index is 12.4. The third-order valence-corrected chi connectivity index (χ3v) is 6.77. The second kappa shape index (κ2) is 9.39. The van der Waals surface area contributed by atoms with Crippen LogP contribution in [0.4, 0.5) is 5.82 Å². The zero-order valence-corrected chi connectivity index (χ0v) is 18.1. The number of likely N-dealkylation sites (tertiary alicyclic amines) is 1. The van der Waals surface area contributed by atoms with Gasteiger partial charge in [-0.3, -0.25) is 14.6 Å². The lowest BCUT2D eigenvalue weighted by Crippen LogP contribution is -2.54. The molecule has 1 amide bonds.